The number of aromatic nitrogens is 2. The van der Waals surface area contributed by atoms with E-state index >= 15 is 0 Å². The molecule has 0 unspecified atom stereocenters. The Kier molecular flexibility index (Phi) is 7.68. The van der Waals surface area contributed by atoms with Gasteiger partial charge in [-0.15, -0.1) is 0 Å². The molecule has 0 bridgehead atoms. The summed E-state index contributed by atoms with van der Waals surface area (Å²) in [4.78, 5) is 30.5. The van der Waals surface area contributed by atoms with Crippen LogP contribution in [0, 0.1) is 10.1 Å². The molecule has 0 spiro atoms. The van der Waals surface area contributed by atoms with Gasteiger partial charge in [-0.2, -0.15) is 9.78 Å². The Labute approximate surface area is 222 Å². The lowest BCUT2D eigenvalue weighted by molar-refractivity contribution is -0.384. The molecule has 0 aliphatic heterocycles. The van der Waals surface area contributed by atoms with Crippen LogP contribution < -0.4 is 15.2 Å². The molecule has 0 N–H and O–H groups in total. The number of hydrogen-bond donors (Lipinski definition) is 0. The zero-order valence-corrected chi connectivity index (χ0v) is 22.5. The lowest BCUT2D eigenvalue weighted by Crippen LogP contribution is -2.23. The number of anilines is 1. The van der Waals surface area contributed by atoms with Gasteiger partial charge in [-0.3, -0.25) is 14.9 Å². The second kappa shape index (κ2) is 10.9. The Balaban J connectivity index is 1.72. The van der Waals surface area contributed by atoms with E-state index < -0.39 is 4.92 Å². The van der Waals surface area contributed by atoms with Crippen molar-refractivity contribution in [1.82, 2.24) is 9.66 Å². The summed E-state index contributed by atoms with van der Waals surface area (Å²) < 4.78 is 8.22. The van der Waals surface area contributed by atoms with Gasteiger partial charge >= 0.3 is 0 Å². The van der Waals surface area contributed by atoms with E-state index in [1.165, 1.54) is 16.8 Å². The van der Waals surface area contributed by atoms with Gasteiger partial charge in [0.15, 0.2) is 0 Å². The molecule has 0 radical (unpaired) electrons. The van der Waals surface area contributed by atoms with E-state index in [1.807, 2.05) is 63.2 Å². The average Bonchev–Trinajstić information content (AvgIpc) is 2.87. The molecule has 37 heavy (non-hydrogen) atoms. The highest BCUT2D eigenvalue weighted by Gasteiger charge is 2.14. The predicted octanol–water partition coefficient (Wildman–Crippen LogP) is 5.72. The van der Waals surface area contributed by atoms with Crippen LogP contribution in [-0.2, 0) is 6.61 Å². The van der Waals surface area contributed by atoms with Gasteiger partial charge < -0.3 is 9.64 Å². The van der Waals surface area contributed by atoms with E-state index in [0.717, 1.165) is 15.7 Å². The quantitative estimate of drug-likeness (QED) is 0.154. The summed E-state index contributed by atoms with van der Waals surface area (Å²) in [6, 6.07) is 17.3. The van der Waals surface area contributed by atoms with Crippen molar-refractivity contribution in [2.45, 2.75) is 26.4 Å². The summed E-state index contributed by atoms with van der Waals surface area (Å²) in [6.45, 7) is 4.13. The normalized spacial score (nSPS) is 11.4. The van der Waals surface area contributed by atoms with Crippen molar-refractivity contribution >= 4 is 44.4 Å². The monoisotopic (exact) mass is 563 g/mol. The van der Waals surface area contributed by atoms with Crippen LogP contribution in [0.25, 0.3) is 10.9 Å². The summed E-state index contributed by atoms with van der Waals surface area (Å²) in [5, 5.41) is 15.9. The maximum Gasteiger partial charge on any atom is 0.282 e. The van der Waals surface area contributed by atoms with Crippen LogP contribution in [0.4, 0.5) is 11.4 Å². The molecule has 190 valence electrons. The topological polar surface area (TPSA) is 103 Å². The molecule has 4 aromatic rings. The summed E-state index contributed by atoms with van der Waals surface area (Å²) in [5.74, 6) is 1.07. The molecular formula is C27H26BrN5O4. The first-order valence-electron chi connectivity index (χ1n) is 11.6. The lowest BCUT2D eigenvalue weighted by Gasteiger charge is -2.16. The number of nitrogens with zero attached hydrogens (tertiary/aromatic N) is 5. The van der Waals surface area contributed by atoms with Crippen LogP contribution in [0.3, 0.4) is 0 Å². The smallest absolute Gasteiger partial charge is 0.282 e. The second-order valence-electron chi connectivity index (χ2n) is 8.98. The van der Waals surface area contributed by atoms with E-state index in [0.29, 0.717) is 28.0 Å². The first kappa shape index (κ1) is 26.0. The van der Waals surface area contributed by atoms with Gasteiger partial charge in [-0.25, -0.2) is 4.98 Å². The maximum absolute atomic E-state index is 13.3. The van der Waals surface area contributed by atoms with Gasteiger partial charge in [0.25, 0.3) is 11.2 Å². The minimum atomic E-state index is -0.437. The van der Waals surface area contributed by atoms with Crippen LogP contribution in [0.15, 0.2) is 75.0 Å². The molecule has 0 aliphatic rings. The van der Waals surface area contributed by atoms with Crippen molar-refractivity contribution < 1.29 is 9.66 Å². The van der Waals surface area contributed by atoms with E-state index in [4.69, 9.17) is 4.74 Å². The third kappa shape index (κ3) is 5.86. The van der Waals surface area contributed by atoms with Gasteiger partial charge in [0.1, 0.15) is 18.2 Å². The zero-order chi connectivity index (χ0) is 26.7. The first-order chi connectivity index (χ1) is 17.6. The molecule has 0 saturated carbocycles. The molecule has 0 atom stereocenters. The predicted molar refractivity (Wildman–Crippen MR) is 149 cm³/mol. The van der Waals surface area contributed by atoms with Crippen molar-refractivity contribution in [2.75, 3.05) is 19.0 Å². The molecule has 0 fully saturated rings. The van der Waals surface area contributed by atoms with Crippen LogP contribution >= 0.6 is 15.9 Å². The summed E-state index contributed by atoms with van der Waals surface area (Å²) in [5.41, 5.74) is 2.76. The number of hydrogen-bond acceptors (Lipinski definition) is 7. The molecule has 3 aromatic carbocycles. The molecule has 1 heterocycles. The number of benzene rings is 3. The van der Waals surface area contributed by atoms with Gasteiger partial charge in [0.05, 0.1) is 22.0 Å². The highest BCUT2D eigenvalue weighted by atomic mass is 79.9. The van der Waals surface area contributed by atoms with Crippen molar-refractivity contribution in [1.29, 1.82) is 0 Å². The molecular weight excluding hydrogens is 538 g/mol. The minimum absolute atomic E-state index is 0.0219. The standard InChI is InChI=1S/C27H26BrN5O4/c1-17(2)26-30-24-12-8-20(28)13-23(24)27(34)32(26)29-15-19-7-11-22(31(3)4)14-25(19)37-16-18-5-9-21(10-6-18)33(35)36/h5-15,17H,16H2,1-4H3. The Morgan fingerprint density at radius 2 is 1.86 bits per heavy atom. The third-order valence-corrected chi connectivity index (χ3v) is 6.21. The summed E-state index contributed by atoms with van der Waals surface area (Å²) in [7, 11) is 3.85. The van der Waals surface area contributed by atoms with Gasteiger partial charge in [-0.1, -0.05) is 29.8 Å². The highest BCUT2D eigenvalue weighted by Crippen LogP contribution is 2.26. The van der Waals surface area contributed by atoms with Crippen LogP contribution in [-0.4, -0.2) is 34.9 Å². The Hall–Kier alpha value is -4.05. The fourth-order valence-corrected chi connectivity index (χ4v) is 4.04. The molecule has 1 aromatic heterocycles. The minimum Gasteiger partial charge on any atom is -0.488 e. The maximum atomic E-state index is 13.3. The number of halogens is 1. The Morgan fingerprint density at radius 1 is 1.14 bits per heavy atom. The van der Waals surface area contributed by atoms with Crippen molar-refractivity contribution in [3.63, 3.8) is 0 Å². The molecule has 0 saturated heterocycles. The number of nitro benzene ring substituents is 1. The largest absolute Gasteiger partial charge is 0.488 e. The van der Waals surface area contributed by atoms with Crippen molar-refractivity contribution in [2.24, 2.45) is 5.10 Å². The second-order valence-corrected chi connectivity index (χ2v) is 9.89. The fraction of sp³-hybridized carbons (Fsp3) is 0.222. The van der Waals surface area contributed by atoms with E-state index in [2.05, 4.69) is 26.0 Å². The average molecular weight is 564 g/mol. The highest BCUT2D eigenvalue weighted by molar-refractivity contribution is 9.10. The van der Waals surface area contributed by atoms with Crippen molar-refractivity contribution in [3.8, 4) is 5.75 Å². The Bertz CT molecular complexity index is 1550. The first-order valence-corrected chi connectivity index (χ1v) is 12.4. The summed E-state index contributed by atoms with van der Waals surface area (Å²) in [6.07, 6.45) is 1.59. The third-order valence-electron chi connectivity index (χ3n) is 5.72. The fourth-order valence-electron chi connectivity index (χ4n) is 3.68. The van der Waals surface area contributed by atoms with E-state index in [9.17, 15) is 14.9 Å². The number of fused-ring (bicyclic) bond motifs is 1. The molecule has 9 nitrogen and oxygen atoms in total. The van der Waals surface area contributed by atoms with Crippen LogP contribution in [0.5, 0.6) is 5.75 Å². The van der Waals surface area contributed by atoms with Gasteiger partial charge in [0, 0.05) is 53.9 Å². The van der Waals surface area contributed by atoms with Crippen LogP contribution in [0.2, 0.25) is 0 Å². The number of non-ortho nitro benzene ring substituents is 1. The van der Waals surface area contributed by atoms with Crippen molar-refractivity contribution in [3.05, 3.63) is 103 Å². The van der Waals surface area contributed by atoms with Crippen LogP contribution in [0.1, 0.15) is 36.7 Å². The number of nitro groups is 1. The number of ether oxygens (including phenoxy) is 1. The van der Waals surface area contributed by atoms with E-state index in [-0.39, 0.29) is 23.8 Å². The zero-order valence-electron chi connectivity index (χ0n) is 20.9. The van der Waals surface area contributed by atoms with Gasteiger partial charge in [0.2, 0.25) is 0 Å². The SMILES string of the molecule is CC(C)c1nc2ccc(Br)cc2c(=O)n1N=Cc1ccc(N(C)C)cc1OCc1ccc([N+](=O)[O-])cc1. The van der Waals surface area contributed by atoms with E-state index in [1.54, 1.807) is 24.4 Å². The molecule has 0 aliphatic carbocycles. The summed E-state index contributed by atoms with van der Waals surface area (Å²) >= 11 is 3.42. The number of rotatable bonds is 8. The molecule has 0 amide bonds. The lowest BCUT2D eigenvalue weighted by atomic mass is 10.1. The van der Waals surface area contributed by atoms with Gasteiger partial charge in [-0.05, 0) is 48.0 Å². The molecule has 10 heteroatoms. The molecule has 4 rings (SSSR count). The Morgan fingerprint density at radius 3 is 2.51 bits per heavy atom.